The lowest BCUT2D eigenvalue weighted by molar-refractivity contribution is -0.141. The van der Waals surface area contributed by atoms with Gasteiger partial charge in [-0.15, -0.1) is 0 Å². The molecular formula is C27H28ClFN2O3. The average Bonchev–Trinajstić information content (AvgIpc) is 2.84. The number of carboxylic acid groups (broad SMARTS) is 1. The van der Waals surface area contributed by atoms with Crippen molar-refractivity contribution in [3.8, 4) is 11.1 Å². The molecule has 5 nitrogen and oxygen atoms in total. The van der Waals surface area contributed by atoms with Gasteiger partial charge in [0.15, 0.2) is 5.82 Å². The van der Waals surface area contributed by atoms with E-state index in [1.54, 1.807) is 42.5 Å². The second kappa shape index (κ2) is 10.7. The molecule has 34 heavy (non-hydrogen) atoms. The Morgan fingerprint density at radius 1 is 1.12 bits per heavy atom. The van der Waals surface area contributed by atoms with E-state index >= 15 is 4.39 Å². The first-order valence-corrected chi connectivity index (χ1v) is 11.4. The highest BCUT2D eigenvalue weighted by Gasteiger charge is 2.23. The molecule has 0 fully saturated rings. The molecule has 0 spiro atoms. The third-order valence-electron chi connectivity index (χ3n) is 6.02. The van der Waals surface area contributed by atoms with E-state index in [9.17, 15) is 9.59 Å². The number of likely N-dealkylation sites (N-methyl/N-ethyl adjacent to an activating group) is 1. The standard InChI is InChI=1S/C27H28ClFN2O3/c1-5-23(20-13-14-22(28)16(2)15-20)30-24-8-6-7-21(25(24)29)18-9-11-19(12-10-18)26(32)31(4)17(3)27(33)34/h6-15,17,23,30H,5H2,1-4H3,(H,33,34)/t17-,23?/m0/s1. The van der Waals surface area contributed by atoms with Crippen LogP contribution in [0, 0.1) is 12.7 Å². The summed E-state index contributed by atoms with van der Waals surface area (Å²) in [6, 6.07) is 16.4. The Morgan fingerprint density at radius 3 is 2.38 bits per heavy atom. The van der Waals surface area contributed by atoms with Gasteiger partial charge >= 0.3 is 5.97 Å². The summed E-state index contributed by atoms with van der Waals surface area (Å²) in [5, 5.41) is 13.1. The van der Waals surface area contributed by atoms with Crippen LogP contribution in [0.25, 0.3) is 11.1 Å². The van der Waals surface area contributed by atoms with Crippen molar-refractivity contribution in [2.75, 3.05) is 12.4 Å². The van der Waals surface area contributed by atoms with Crippen LogP contribution < -0.4 is 5.32 Å². The molecule has 0 aromatic heterocycles. The number of hydrogen-bond acceptors (Lipinski definition) is 3. The molecule has 2 N–H and O–H groups in total. The van der Waals surface area contributed by atoms with Gasteiger partial charge in [-0.2, -0.15) is 0 Å². The van der Waals surface area contributed by atoms with Gasteiger partial charge in [-0.25, -0.2) is 9.18 Å². The molecule has 2 atom stereocenters. The molecular weight excluding hydrogens is 455 g/mol. The Bertz CT molecular complexity index is 1200. The number of aryl methyl sites for hydroxylation is 1. The lowest BCUT2D eigenvalue weighted by Crippen LogP contribution is -2.40. The maximum absolute atomic E-state index is 15.5. The minimum atomic E-state index is -1.09. The molecule has 0 bridgehead atoms. The summed E-state index contributed by atoms with van der Waals surface area (Å²) in [7, 11) is 1.44. The van der Waals surface area contributed by atoms with E-state index < -0.39 is 17.9 Å². The van der Waals surface area contributed by atoms with E-state index in [4.69, 9.17) is 16.7 Å². The highest BCUT2D eigenvalue weighted by Crippen LogP contribution is 2.32. The number of carbonyl (C=O) groups is 2. The first kappa shape index (κ1) is 25.2. The number of hydrogen-bond donors (Lipinski definition) is 2. The molecule has 178 valence electrons. The van der Waals surface area contributed by atoms with Gasteiger partial charge in [-0.1, -0.05) is 54.9 Å². The lowest BCUT2D eigenvalue weighted by Gasteiger charge is -2.22. The van der Waals surface area contributed by atoms with E-state index in [1.165, 1.54) is 14.0 Å². The van der Waals surface area contributed by atoms with Crippen molar-refractivity contribution in [1.82, 2.24) is 4.90 Å². The zero-order valence-corrected chi connectivity index (χ0v) is 20.4. The first-order chi connectivity index (χ1) is 16.1. The Balaban J connectivity index is 1.84. The van der Waals surface area contributed by atoms with Crippen LogP contribution in [0.5, 0.6) is 0 Å². The number of anilines is 1. The SMILES string of the molecule is CCC(Nc1cccc(-c2ccc(C(=O)N(C)[C@@H](C)C(=O)O)cc2)c1F)c1ccc(Cl)c(C)c1. The third kappa shape index (κ3) is 5.39. The van der Waals surface area contributed by atoms with Crippen LogP contribution in [0.2, 0.25) is 5.02 Å². The van der Waals surface area contributed by atoms with Crippen molar-refractivity contribution in [2.45, 2.75) is 39.3 Å². The maximum Gasteiger partial charge on any atom is 0.326 e. The van der Waals surface area contributed by atoms with E-state index in [1.807, 2.05) is 32.0 Å². The zero-order chi connectivity index (χ0) is 25.0. The summed E-state index contributed by atoms with van der Waals surface area (Å²) in [5.74, 6) is -1.89. The fourth-order valence-electron chi connectivity index (χ4n) is 3.70. The number of halogens is 2. The third-order valence-corrected chi connectivity index (χ3v) is 6.45. The van der Waals surface area contributed by atoms with Crippen LogP contribution in [0.15, 0.2) is 60.7 Å². The van der Waals surface area contributed by atoms with Gasteiger partial charge in [0, 0.05) is 23.2 Å². The molecule has 3 rings (SSSR count). The molecule has 0 heterocycles. The number of nitrogens with one attached hydrogen (secondary N) is 1. The smallest absolute Gasteiger partial charge is 0.326 e. The summed E-state index contributed by atoms with van der Waals surface area (Å²) >= 11 is 6.15. The van der Waals surface area contributed by atoms with Gasteiger partial charge < -0.3 is 15.3 Å². The van der Waals surface area contributed by atoms with Gasteiger partial charge in [0.25, 0.3) is 5.91 Å². The van der Waals surface area contributed by atoms with Crippen molar-refractivity contribution in [2.24, 2.45) is 0 Å². The Labute approximate surface area is 204 Å². The summed E-state index contributed by atoms with van der Waals surface area (Å²) in [6.45, 7) is 5.41. The molecule has 0 radical (unpaired) electrons. The highest BCUT2D eigenvalue weighted by atomic mass is 35.5. The van der Waals surface area contributed by atoms with Crippen LogP contribution in [-0.2, 0) is 4.79 Å². The predicted molar refractivity (Wildman–Crippen MR) is 134 cm³/mol. The van der Waals surface area contributed by atoms with Gasteiger partial charge in [0.05, 0.1) is 11.7 Å². The van der Waals surface area contributed by atoms with E-state index in [-0.39, 0.29) is 11.9 Å². The molecule has 7 heteroatoms. The molecule has 1 amide bonds. The van der Waals surface area contributed by atoms with Crippen LogP contribution in [-0.4, -0.2) is 35.0 Å². The summed E-state index contributed by atoms with van der Waals surface area (Å²) in [6.07, 6.45) is 0.754. The van der Waals surface area contributed by atoms with Gasteiger partial charge in [0.2, 0.25) is 0 Å². The topological polar surface area (TPSA) is 69.6 Å². The zero-order valence-electron chi connectivity index (χ0n) is 19.6. The van der Waals surface area contributed by atoms with Crippen LogP contribution in [0.1, 0.15) is 47.8 Å². The molecule has 0 saturated carbocycles. The highest BCUT2D eigenvalue weighted by molar-refractivity contribution is 6.31. The Kier molecular flexibility index (Phi) is 7.94. The summed E-state index contributed by atoms with van der Waals surface area (Å²) in [5.41, 5.74) is 3.72. The maximum atomic E-state index is 15.5. The molecule has 3 aromatic rings. The van der Waals surface area contributed by atoms with E-state index in [0.717, 1.165) is 22.4 Å². The molecule has 0 saturated heterocycles. The van der Waals surface area contributed by atoms with Crippen molar-refractivity contribution in [1.29, 1.82) is 0 Å². The van der Waals surface area contributed by atoms with Crippen LogP contribution in [0.4, 0.5) is 10.1 Å². The molecule has 3 aromatic carbocycles. The molecule has 0 aliphatic heterocycles. The van der Waals surface area contributed by atoms with Crippen molar-refractivity contribution in [3.63, 3.8) is 0 Å². The van der Waals surface area contributed by atoms with E-state index in [2.05, 4.69) is 5.32 Å². The van der Waals surface area contributed by atoms with Crippen LogP contribution >= 0.6 is 11.6 Å². The number of carboxylic acids is 1. The van der Waals surface area contributed by atoms with Gasteiger partial charge in [0.1, 0.15) is 6.04 Å². The lowest BCUT2D eigenvalue weighted by atomic mass is 10.00. The normalized spacial score (nSPS) is 12.6. The van der Waals surface area contributed by atoms with Crippen molar-refractivity contribution in [3.05, 3.63) is 88.2 Å². The number of carbonyl (C=O) groups excluding carboxylic acids is 1. The fourth-order valence-corrected chi connectivity index (χ4v) is 3.81. The van der Waals surface area contributed by atoms with Gasteiger partial charge in [-0.05, 0) is 61.2 Å². The number of aliphatic carboxylic acids is 1. The fraction of sp³-hybridized carbons (Fsp3) is 0.259. The largest absolute Gasteiger partial charge is 0.480 e. The monoisotopic (exact) mass is 482 g/mol. The Hall–Kier alpha value is -3.38. The van der Waals surface area contributed by atoms with Crippen molar-refractivity contribution >= 4 is 29.2 Å². The minimum Gasteiger partial charge on any atom is -0.480 e. The number of nitrogens with zero attached hydrogens (tertiary/aromatic N) is 1. The van der Waals surface area contributed by atoms with Crippen molar-refractivity contribution < 1.29 is 19.1 Å². The number of rotatable bonds is 8. The molecule has 0 aliphatic carbocycles. The second-order valence-electron chi connectivity index (χ2n) is 8.29. The Morgan fingerprint density at radius 2 is 1.79 bits per heavy atom. The minimum absolute atomic E-state index is 0.0903. The predicted octanol–water partition coefficient (Wildman–Crippen LogP) is 6.56. The quantitative estimate of drug-likeness (QED) is 0.381. The second-order valence-corrected chi connectivity index (χ2v) is 8.70. The number of benzene rings is 3. The molecule has 1 unspecified atom stereocenters. The summed E-state index contributed by atoms with van der Waals surface area (Å²) in [4.78, 5) is 24.9. The van der Waals surface area contributed by atoms with Crippen LogP contribution in [0.3, 0.4) is 0 Å². The first-order valence-electron chi connectivity index (χ1n) is 11.1. The average molecular weight is 483 g/mol. The van der Waals surface area contributed by atoms with E-state index in [0.29, 0.717) is 27.4 Å². The molecule has 0 aliphatic rings. The summed E-state index contributed by atoms with van der Waals surface area (Å²) < 4.78 is 15.5. The van der Waals surface area contributed by atoms with Gasteiger partial charge in [-0.3, -0.25) is 4.79 Å². The number of amides is 1.